The second-order valence-corrected chi connectivity index (χ2v) is 15.1. The van der Waals surface area contributed by atoms with Crippen molar-refractivity contribution in [1.82, 2.24) is 0 Å². The van der Waals surface area contributed by atoms with Crippen LogP contribution in [0.2, 0.25) is 18.1 Å². The molecule has 0 saturated heterocycles. The number of nitrogens with zero attached hydrogens (tertiary/aromatic N) is 1. The van der Waals surface area contributed by atoms with Crippen molar-refractivity contribution in [3.8, 4) is 0 Å². The molecular formula is C15H31NO2SSi. The topological polar surface area (TPSA) is 44.7 Å². The lowest BCUT2D eigenvalue weighted by Crippen LogP contribution is -2.44. The molecule has 0 spiro atoms. The molecule has 0 bridgehead atoms. The second kappa shape index (κ2) is 5.74. The van der Waals surface area contributed by atoms with Crippen LogP contribution in [0.1, 0.15) is 60.8 Å². The number of hydrogen-bond donors (Lipinski definition) is 0. The summed E-state index contributed by atoms with van der Waals surface area (Å²) in [6.07, 6.45) is 4.82. The van der Waals surface area contributed by atoms with E-state index in [9.17, 15) is 4.55 Å². The quantitative estimate of drug-likeness (QED) is 0.427. The highest BCUT2D eigenvalue weighted by atomic mass is 32.2. The SMILES string of the molecule is CC(C)(C)[S+]([O-])/N=C/CC1(O[Si](C)(C)C(C)(C)C)CC1. The van der Waals surface area contributed by atoms with Gasteiger partial charge in [0.15, 0.2) is 8.32 Å². The Balaban J connectivity index is 2.59. The fourth-order valence-corrected chi connectivity index (χ4v) is 3.81. The third-order valence-electron chi connectivity index (χ3n) is 4.24. The zero-order valence-corrected chi connectivity index (χ0v) is 16.2. The highest BCUT2D eigenvalue weighted by Gasteiger charge is 2.50. The molecule has 1 fully saturated rings. The smallest absolute Gasteiger partial charge is 0.192 e. The van der Waals surface area contributed by atoms with Crippen molar-refractivity contribution in [2.75, 3.05) is 0 Å². The van der Waals surface area contributed by atoms with Crippen LogP contribution in [-0.4, -0.2) is 29.4 Å². The summed E-state index contributed by atoms with van der Waals surface area (Å²) in [7, 11) is -1.73. The summed E-state index contributed by atoms with van der Waals surface area (Å²) < 4.78 is 22.3. The molecule has 1 aliphatic carbocycles. The van der Waals surface area contributed by atoms with E-state index in [0.717, 1.165) is 19.3 Å². The van der Waals surface area contributed by atoms with Crippen molar-refractivity contribution in [3.63, 3.8) is 0 Å². The lowest BCUT2D eigenvalue weighted by Gasteiger charge is -2.39. The first-order valence-corrected chi connectivity index (χ1v) is 11.5. The van der Waals surface area contributed by atoms with Crippen LogP contribution < -0.4 is 0 Å². The van der Waals surface area contributed by atoms with Crippen molar-refractivity contribution < 1.29 is 8.98 Å². The Morgan fingerprint density at radius 3 is 2.05 bits per heavy atom. The van der Waals surface area contributed by atoms with E-state index in [1.165, 1.54) is 0 Å². The Morgan fingerprint density at radius 2 is 1.70 bits per heavy atom. The van der Waals surface area contributed by atoms with Gasteiger partial charge < -0.3 is 8.98 Å². The maximum Gasteiger partial charge on any atom is 0.192 e. The van der Waals surface area contributed by atoms with E-state index in [1.807, 2.05) is 27.0 Å². The van der Waals surface area contributed by atoms with Crippen LogP contribution in [0.25, 0.3) is 0 Å². The summed E-state index contributed by atoms with van der Waals surface area (Å²) in [6, 6.07) is 0. The van der Waals surface area contributed by atoms with Gasteiger partial charge >= 0.3 is 0 Å². The molecule has 1 unspecified atom stereocenters. The van der Waals surface area contributed by atoms with Gasteiger partial charge in [-0.3, -0.25) is 0 Å². The molecule has 1 rings (SSSR count). The first-order valence-electron chi connectivity index (χ1n) is 7.44. The Labute approximate surface area is 129 Å². The predicted molar refractivity (Wildman–Crippen MR) is 91.3 cm³/mol. The fraction of sp³-hybridized carbons (Fsp3) is 0.933. The van der Waals surface area contributed by atoms with E-state index >= 15 is 0 Å². The molecule has 3 nitrogen and oxygen atoms in total. The summed E-state index contributed by atoms with van der Waals surface area (Å²) in [4.78, 5) is 0. The molecular weight excluding hydrogens is 286 g/mol. The molecule has 5 heteroatoms. The van der Waals surface area contributed by atoms with Gasteiger partial charge in [-0.25, -0.2) is 0 Å². The Kier molecular flexibility index (Phi) is 5.23. The van der Waals surface area contributed by atoms with Gasteiger partial charge in [0.05, 0.1) is 11.8 Å². The first kappa shape index (κ1) is 18.2. The van der Waals surface area contributed by atoms with Gasteiger partial charge in [0.1, 0.15) is 16.1 Å². The van der Waals surface area contributed by atoms with Crippen molar-refractivity contribution in [1.29, 1.82) is 0 Å². The third kappa shape index (κ3) is 4.86. The van der Waals surface area contributed by atoms with Crippen LogP contribution in [0.3, 0.4) is 0 Å². The van der Waals surface area contributed by atoms with Crippen LogP contribution >= 0.6 is 0 Å². The normalized spacial score (nSPS) is 21.2. The molecule has 0 aromatic rings. The van der Waals surface area contributed by atoms with Crippen LogP contribution in [0, 0.1) is 0 Å². The van der Waals surface area contributed by atoms with Crippen molar-refractivity contribution in [2.45, 2.75) is 89.3 Å². The molecule has 1 saturated carbocycles. The third-order valence-corrected chi connectivity index (χ3v) is 10.2. The average molecular weight is 318 g/mol. The van der Waals surface area contributed by atoms with Crippen molar-refractivity contribution in [2.24, 2.45) is 4.40 Å². The minimum absolute atomic E-state index is 0.0193. The molecule has 0 amide bonds. The molecule has 0 N–H and O–H groups in total. The monoisotopic (exact) mass is 317 g/mol. The maximum atomic E-state index is 11.9. The number of hydrogen-bond acceptors (Lipinski definition) is 3. The van der Waals surface area contributed by atoms with E-state index in [-0.39, 0.29) is 15.4 Å². The molecule has 0 aromatic heterocycles. The van der Waals surface area contributed by atoms with Gasteiger partial charge in [0.2, 0.25) is 0 Å². The van der Waals surface area contributed by atoms with E-state index in [2.05, 4.69) is 38.3 Å². The fourth-order valence-electron chi connectivity index (χ4n) is 1.61. The molecule has 20 heavy (non-hydrogen) atoms. The highest BCUT2D eigenvalue weighted by molar-refractivity contribution is 7.91. The molecule has 0 radical (unpaired) electrons. The molecule has 1 aliphatic rings. The average Bonchev–Trinajstić information content (AvgIpc) is 2.93. The lowest BCUT2D eigenvalue weighted by atomic mass is 10.2. The largest absolute Gasteiger partial charge is 0.591 e. The summed E-state index contributed by atoms with van der Waals surface area (Å²) in [5, 5.41) is 0.230. The molecule has 0 aliphatic heterocycles. The standard InChI is InChI=1S/C15H31NO2SSi/c1-13(2,3)19(17)16-12-11-15(9-10-15)18-20(7,8)14(4,5)6/h12H,9-11H2,1-8H3/b16-12+. The van der Waals surface area contributed by atoms with Crippen LogP contribution in [0.5, 0.6) is 0 Å². The lowest BCUT2D eigenvalue weighted by molar-refractivity contribution is 0.167. The molecule has 118 valence electrons. The van der Waals surface area contributed by atoms with Gasteiger partial charge in [0.25, 0.3) is 0 Å². The van der Waals surface area contributed by atoms with E-state index in [4.69, 9.17) is 4.43 Å². The summed E-state index contributed by atoms with van der Waals surface area (Å²) >= 11 is -1.16. The van der Waals surface area contributed by atoms with E-state index in [0.29, 0.717) is 0 Å². The minimum atomic E-state index is -1.73. The van der Waals surface area contributed by atoms with Gasteiger partial charge in [-0.1, -0.05) is 25.2 Å². The van der Waals surface area contributed by atoms with Crippen LogP contribution in [-0.2, 0) is 15.8 Å². The van der Waals surface area contributed by atoms with Gasteiger partial charge in [0, 0.05) is 6.42 Å². The molecule has 0 heterocycles. The van der Waals surface area contributed by atoms with Crippen LogP contribution in [0.15, 0.2) is 4.40 Å². The first-order chi connectivity index (χ1) is 8.79. The molecule has 1 atom stereocenters. The van der Waals surface area contributed by atoms with Gasteiger partial charge in [-0.05, 0) is 51.7 Å². The van der Waals surface area contributed by atoms with Crippen molar-refractivity contribution in [3.05, 3.63) is 0 Å². The molecule has 0 aromatic carbocycles. The maximum absolute atomic E-state index is 11.9. The second-order valence-electron chi connectivity index (χ2n) is 8.40. The van der Waals surface area contributed by atoms with Gasteiger partial charge in [-0.2, -0.15) is 0 Å². The Bertz CT molecular complexity index is 365. The number of rotatable bonds is 5. The van der Waals surface area contributed by atoms with Gasteiger partial charge in [-0.15, -0.1) is 0 Å². The van der Waals surface area contributed by atoms with Crippen molar-refractivity contribution >= 4 is 25.9 Å². The van der Waals surface area contributed by atoms with E-state index in [1.54, 1.807) is 0 Å². The summed E-state index contributed by atoms with van der Waals surface area (Å²) in [6.45, 7) is 17.2. The Morgan fingerprint density at radius 1 is 1.20 bits per heavy atom. The summed E-state index contributed by atoms with van der Waals surface area (Å²) in [5.74, 6) is 0. The van der Waals surface area contributed by atoms with Crippen LogP contribution in [0.4, 0.5) is 0 Å². The Hall–Kier alpha value is 0.157. The minimum Gasteiger partial charge on any atom is -0.591 e. The predicted octanol–water partition coefficient (Wildman–Crippen LogP) is 4.46. The highest BCUT2D eigenvalue weighted by Crippen LogP contribution is 2.49. The zero-order valence-electron chi connectivity index (χ0n) is 14.4. The van der Waals surface area contributed by atoms with E-state index < -0.39 is 19.7 Å². The summed E-state index contributed by atoms with van der Waals surface area (Å²) in [5.41, 5.74) is -0.0193. The zero-order chi connectivity index (χ0) is 15.8.